The molecule has 0 saturated carbocycles. The summed E-state index contributed by atoms with van der Waals surface area (Å²) in [5.74, 6) is -1.71. The number of halogens is 2. The molecule has 3 aromatic rings. The van der Waals surface area contributed by atoms with Gasteiger partial charge in [-0.15, -0.1) is 0 Å². The van der Waals surface area contributed by atoms with E-state index in [4.69, 9.17) is 0 Å². The average Bonchev–Trinajstić information content (AvgIpc) is 3.04. The lowest BCUT2D eigenvalue weighted by Crippen LogP contribution is -2.29. The number of rotatable bonds is 7. The Kier molecular flexibility index (Phi) is 7.18. The van der Waals surface area contributed by atoms with Crippen LogP contribution < -0.4 is 4.72 Å². The summed E-state index contributed by atoms with van der Waals surface area (Å²) in [6, 6.07) is 5.52. The van der Waals surface area contributed by atoms with Gasteiger partial charge in [0.05, 0.1) is 28.4 Å². The number of hydrogen-bond acceptors (Lipinski definition) is 4. The van der Waals surface area contributed by atoms with Crippen molar-refractivity contribution in [3.05, 3.63) is 71.1 Å². The number of benzene rings is 1. The van der Waals surface area contributed by atoms with Crippen LogP contribution in [0.4, 0.5) is 8.78 Å². The second-order valence-corrected chi connectivity index (χ2v) is 9.30. The SMILES string of the molecule is Cc1nc(C(C)C)c(CC(=O)NS(=O)c2cc(C(C)C)c(F)cc2F)n1-c1ccncc1. The van der Waals surface area contributed by atoms with Crippen molar-refractivity contribution in [3.8, 4) is 5.69 Å². The van der Waals surface area contributed by atoms with E-state index in [1.54, 1.807) is 38.4 Å². The Hall–Kier alpha value is -2.94. The molecule has 0 bridgehead atoms. The third-order valence-corrected chi connectivity index (χ3v) is 6.17. The maximum absolute atomic E-state index is 14.3. The highest BCUT2D eigenvalue weighted by atomic mass is 32.2. The molecule has 1 aromatic carbocycles. The third-order valence-electron chi connectivity index (χ3n) is 5.05. The van der Waals surface area contributed by atoms with Crippen LogP contribution in [-0.4, -0.2) is 24.7 Å². The Bertz CT molecular complexity index is 1160. The first-order chi connectivity index (χ1) is 15.1. The smallest absolute Gasteiger partial charge is 0.237 e. The van der Waals surface area contributed by atoms with Crippen LogP contribution in [0, 0.1) is 18.6 Å². The van der Waals surface area contributed by atoms with E-state index >= 15 is 0 Å². The fourth-order valence-corrected chi connectivity index (χ4v) is 4.40. The van der Waals surface area contributed by atoms with Gasteiger partial charge in [0.25, 0.3) is 0 Å². The maximum atomic E-state index is 14.3. The fraction of sp³-hybridized carbons (Fsp3) is 0.348. The van der Waals surface area contributed by atoms with Crippen molar-refractivity contribution in [3.63, 3.8) is 0 Å². The number of carbonyl (C=O) groups is 1. The lowest BCUT2D eigenvalue weighted by atomic mass is 10.0. The van der Waals surface area contributed by atoms with Gasteiger partial charge in [-0.3, -0.25) is 14.5 Å². The van der Waals surface area contributed by atoms with Gasteiger partial charge in [0.2, 0.25) is 5.91 Å². The number of aromatic nitrogens is 3. The monoisotopic (exact) mass is 460 g/mol. The standard InChI is InChI=1S/C23H26F2N4O2S/c1-13(2)17-10-21(19(25)11-18(17)24)32(31)28-22(30)12-20-23(14(3)4)27-15(5)29(20)16-6-8-26-9-7-16/h6-11,13-14H,12H2,1-5H3,(H,28,30). The van der Waals surface area contributed by atoms with Gasteiger partial charge >= 0.3 is 0 Å². The van der Waals surface area contributed by atoms with Crippen molar-refractivity contribution in [2.75, 3.05) is 0 Å². The minimum Gasteiger partial charge on any atom is -0.300 e. The zero-order valence-corrected chi connectivity index (χ0v) is 19.5. The number of amides is 1. The second kappa shape index (κ2) is 9.68. The molecule has 2 aromatic heterocycles. The van der Waals surface area contributed by atoms with E-state index in [1.807, 2.05) is 25.3 Å². The number of carbonyl (C=O) groups excluding carboxylic acids is 1. The minimum atomic E-state index is -2.18. The quantitative estimate of drug-likeness (QED) is 0.564. The molecule has 1 amide bonds. The van der Waals surface area contributed by atoms with E-state index in [0.717, 1.165) is 11.4 Å². The Morgan fingerprint density at radius 1 is 1.09 bits per heavy atom. The molecule has 0 aliphatic carbocycles. The number of nitrogens with zero attached hydrogens (tertiary/aromatic N) is 3. The van der Waals surface area contributed by atoms with Gasteiger partial charge in [0, 0.05) is 18.5 Å². The Morgan fingerprint density at radius 2 is 1.75 bits per heavy atom. The average molecular weight is 461 g/mol. The van der Waals surface area contributed by atoms with Crippen molar-refractivity contribution < 1.29 is 17.8 Å². The highest BCUT2D eigenvalue weighted by molar-refractivity contribution is 7.83. The molecule has 0 saturated heterocycles. The predicted molar refractivity (Wildman–Crippen MR) is 119 cm³/mol. The summed E-state index contributed by atoms with van der Waals surface area (Å²) in [4.78, 5) is 21.2. The van der Waals surface area contributed by atoms with Crippen LogP contribution in [0.25, 0.3) is 5.69 Å². The number of imidazole rings is 1. The van der Waals surface area contributed by atoms with Gasteiger partial charge in [-0.05, 0) is 42.5 Å². The first kappa shape index (κ1) is 23.7. The molecule has 0 aliphatic rings. The van der Waals surface area contributed by atoms with Crippen molar-refractivity contribution in [2.45, 2.75) is 57.8 Å². The molecule has 0 aliphatic heterocycles. The second-order valence-electron chi connectivity index (χ2n) is 8.12. The van der Waals surface area contributed by atoms with Crippen LogP contribution in [0.5, 0.6) is 0 Å². The normalized spacial score (nSPS) is 12.4. The zero-order valence-electron chi connectivity index (χ0n) is 18.6. The minimum absolute atomic E-state index is 0.0493. The van der Waals surface area contributed by atoms with Crippen molar-refractivity contribution in [1.29, 1.82) is 0 Å². The van der Waals surface area contributed by atoms with Crippen molar-refractivity contribution >= 4 is 16.9 Å². The Balaban J connectivity index is 1.90. The molecule has 170 valence electrons. The highest BCUT2D eigenvalue weighted by Crippen LogP contribution is 2.26. The van der Waals surface area contributed by atoms with Gasteiger partial charge in [0.1, 0.15) is 17.5 Å². The van der Waals surface area contributed by atoms with Gasteiger partial charge in [-0.1, -0.05) is 27.7 Å². The highest BCUT2D eigenvalue weighted by Gasteiger charge is 2.23. The summed E-state index contributed by atoms with van der Waals surface area (Å²) in [6.07, 6.45) is 3.18. The molecule has 9 heteroatoms. The summed E-state index contributed by atoms with van der Waals surface area (Å²) in [5, 5.41) is 0. The molecule has 0 spiro atoms. The zero-order chi connectivity index (χ0) is 23.6. The van der Waals surface area contributed by atoms with Crippen LogP contribution in [0.1, 0.15) is 62.3 Å². The van der Waals surface area contributed by atoms with E-state index in [9.17, 15) is 17.8 Å². The summed E-state index contributed by atoms with van der Waals surface area (Å²) < 4.78 is 45.2. The van der Waals surface area contributed by atoms with Gasteiger partial charge in [-0.2, -0.15) is 0 Å². The number of aryl methyl sites for hydroxylation is 1. The molecular formula is C23H26F2N4O2S. The lowest BCUT2D eigenvalue weighted by Gasteiger charge is -2.14. The van der Waals surface area contributed by atoms with Gasteiger partial charge < -0.3 is 4.57 Å². The first-order valence-electron chi connectivity index (χ1n) is 10.3. The summed E-state index contributed by atoms with van der Waals surface area (Å²) >= 11 is 0. The van der Waals surface area contributed by atoms with Gasteiger partial charge in [0.15, 0.2) is 11.0 Å². The van der Waals surface area contributed by atoms with E-state index in [0.29, 0.717) is 17.6 Å². The fourth-order valence-electron chi connectivity index (χ4n) is 3.54. The number of hydrogen-bond donors (Lipinski definition) is 1. The van der Waals surface area contributed by atoms with Crippen LogP contribution in [0.15, 0.2) is 41.6 Å². The molecule has 1 atom stereocenters. The lowest BCUT2D eigenvalue weighted by molar-refractivity contribution is -0.118. The molecule has 3 rings (SSSR count). The topological polar surface area (TPSA) is 76.9 Å². The van der Waals surface area contributed by atoms with Crippen molar-refractivity contribution in [1.82, 2.24) is 19.3 Å². The van der Waals surface area contributed by atoms with E-state index in [1.165, 1.54) is 6.07 Å². The Labute approximate surface area is 188 Å². The Morgan fingerprint density at radius 3 is 2.34 bits per heavy atom. The largest absolute Gasteiger partial charge is 0.300 e. The third kappa shape index (κ3) is 4.93. The molecule has 32 heavy (non-hydrogen) atoms. The van der Waals surface area contributed by atoms with Crippen molar-refractivity contribution in [2.24, 2.45) is 0 Å². The van der Waals surface area contributed by atoms with E-state index in [-0.39, 0.29) is 28.7 Å². The van der Waals surface area contributed by atoms with Gasteiger partial charge in [-0.25, -0.2) is 18.0 Å². The molecule has 6 nitrogen and oxygen atoms in total. The van der Waals surface area contributed by atoms with Crippen LogP contribution in [-0.2, 0) is 22.2 Å². The maximum Gasteiger partial charge on any atom is 0.237 e. The predicted octanol–water partition coefficient (Wildman–Crippen LogP) is 4.48. The molecule has 0 radical (unpaired) electrons. The molecule has 1 unspecified atom stereocenters. The summed E-state index contributed by atoms with van der Waals surface area (Å²) in [6.45, 7) is 9.28. The molecule has 0 fully saturated rings. The van der Waals surface area contributed by atoms with Crippen LogP contribution >= 0.6 is 0 Å². The van der Waals surface area contributed by atoms with Crippen LogP contribution in [0.2, 0.25) is 0 Å². The number of pyridine rings is 1. The summed E-state index contributed by atoms with van der Waals surface area (Å²) in [7, 11) is -2.18. The molecular weight excluding hydrogens is 434 g/mol. The first-order valence-corrected chi connectivity index (χ1v) is 11.4. The molecule has 1 N–H and O–H groups in total. The molecule has 2 heterocycles. The number of nitrogens with one attached hydrogen (secondary N) is 1. The summed E-state index contributed by atoms with van der Waals surface area (Å²) in [5.41, 5.74) is 2.43. The van der Waals surface area contributed by atoms with Crippen LogP contribution in [0.3, 0.4) is 0 Å². The van der Waals surface area contributed by atoms with E-state index < -0.39 is 28.5 Å². The van der Waals surface area contributed by atoms with E-state index in [2.05, 4.69) is 14.7 Å².